The number of rotatable bonds is 6. The predicted molar refractivity (Wildman–Crippen MR) is 106 cm³/mol. The van der Waals surface area contributed by atoms with Crippen molar-refractivity contribution in [2.75, 3.05) is 0 Å². The van der Waals surface area contributed by atoms with E-state index < -0.39 is 0 Å². The molecule has 25 heavy (non-hydrogen) atoms. The first kappa shape index (κ1) is 19.3. The van der Waals surface area contributed by atoms with E-state index in [2.05, 4.69) is 19.9 Å². The Hall–Kier alpha value is -0.510. The van der Waals surface area contributed by atoms with Crippen LogP contribution in [-0.2, 0) is 0 Å². The molecule has 0 saturated heterocycles. The standard InChI is InChI=1S/C24H41N/c1-3-5-6-7-19-8-10-20(11-9-19)21-12-13-23-17-24(4-2,18-25)15-14-22(23)16-21/h19-23H,3-17H2,1-2H3. The maximum absolute atomic E-state index is 9.64. The van der Waals surface area contributed by atoms with Gasteiger partial charge >= 0.3 is 0 Å². The van der Waals surface area contributed by atoms with Crippen LogP contribution in [0.2, 0.25) is 0 Å². The van der Waals surface area contributed by atoms with Crippen LogP contribution in [0.3, 0.4) is 0 Å². The van der Waals surface area contributed by atoms with Gasteiger partial charge in [0.25, 0.3) is 0 Å². The third-order valence-corrected chi connectivity index (χ3v) is 8.51. The number of hydrogen-bond acceptors (Lipinski definition) is 1. The van der Waals surface area contributed by atoms with Gasteiger partial charge in [0.1, 0.15) is 0 Å². The van der Waals surface area contributed by atoms with Gasteiger partial charge in [-0.2, -0.15) is 5.26 Å². The molecule has 4 unspecified atom stereocenters. The summed E-state index contributed by atoms with van der Waals surface area (Å²) < 4.78 is 0. The van der Waals surface area contributed by atoms with Crippen LogP contribution in [0.5, 0.6) is 0 Å². The highest BCUT2D eigenvalue weighted by Crippen LogP contribution is 2.53. The molecule has 0 aliphatic heterocycles. The molecule has 3 aliphatic rings. The molecule has 0 heterocycles. The van der Waals surface area contributed by atoms with Crippen molar-refractivity contribution in [1.29, 1.82) is 5.26 Å². The molecular weight excluding hydrogens is 302 g/mol. The number of nitriles is 1. The minimum atomic E-state index is 0.0323. The van der Waals surface area contributed by atoms with Crippen LogP contribution in [0, 0.1) is 46.3 Å². The van der Waals surface area contributed by atoms with Crippen LogP contribution in [0.25, 0.3) is 0 Å². The number of unbranched alkanes of at least 4 members (excludes halogenated alkanes) is 2. The highest BCUT2D eigenvalue weighted by atomic mass is 14.5. The zero-order chi connectivity index (χ0) is 17.7. The van der Waals surface area contributed by atoms with E-state index in [1.165, 1.54) is 89.9 Å². The maximum Gasteiger partial charge on any atom is 0.0689 e. The van der Waals surface area contributed by atoms with Crippen molar-refractivity contribution in [2.24, 2.45) is 35.0 Å². The second-order valence-electron chi connectivity index (χ2n) is 9.86. The minimum absolute atomic E-state index is 0.0323. The van der Waals surface area contributed by atoms with Crippen molar-refractivity contribution in [2.45, 2.75) is 110 Å². The molecule has 0 aromatic carbocycles. The van der Waals surface area contributed by atoms with Crippen molar-refractivity contribution in [3.05, 3.63) is 0 Å². The smallest absolute Gasteiger partial charge is 0.0689 e. The van der Waals surface area contributed by atoms with Crippen molar-refractivity contribution < 1.29 is 0 Å². The van der Waals surface area contributed by atoms with E-state index in [-0.39, 0.29) is 5.41 Å². The van der Waals surface area contributed by atoms with E-state index in [1.807, 2.05) is 0 Å². The number of hydrogen-bond donors (Lipinski definition) is 0. The van der Waals surface area contributed by atoms with Crippen LogP contribution in [0.4, 0.5) is 0 Å². The molecule has 1 heteroatoms. The molecule has 3 fully saturated rings. The Balaban J connectivity index is 1.44. The van der Waals surface area contributed by atoms with Gasteiger partial charge in [-0.1, -0.05) is 52.4 Å². The Bertz CT molecular complexity index is 442. The van der Waals surface area contributed by atoms with Gasteiger partial charge in [0.15, 0.2) is 0 Å². The Morgan fingerprint density at radius 3 is 2.20 bits per heavy atom. The molecule has 0 spiro atoms. The summed E-state index contributed by atoms with van der Waals surface area (Å²) in [6, 6.07) is 2.70. The molecule has 1 nitrogen and oxygen atoms in total. The van der Waals surface area contributed by atoms with Crippen molar-refractivity contribution in [1.82, 2.24) is 0 Å². The van der Waals surface area contributed by atoms with Gasteiger partial charge in [-0.3, -0.25) is 0 Å². The molecule has 0 bridgehead atoms. The van der Waals surface area contributed by atoms with Crippen molar-refractivity contribution in [3.63, 3.8) is 0 Å². The highest BCUT2D eigenvalue weighted by molar-refractivity contribution is 5.04. The summed E-state index contributed by atoms with van der Waals surface area (Å²) in [5, 5.41) is 9.64. The van der Waals surface area contributed by atoms with Gasteiger partial charge < -0.3 is 0 Å². The fraction of sp³-hybridized carbons (Fsp3) is 0.958. The Kier molecular flexibility index (Phi) is 6.87. The van der Waals surface area contributed by atoms with E-state index in [9.17, 15) is 5.26 Å². The molecular formula is C24H41N. The van der Waals surface area contributed by atoms with E-state index in [0.29, 0.717) is 0 Å². The van der Waals surface area contributed by atoms with E-state index in [1.54, 1.807) is 0 Å². The molecule has 3 saturated carbocycles. The Labute approximate surface area is 157 Å². The lowest BCUT2D eigenvalue weighted by atomic mass is 9.57. The average molecular weight is 344 g/mol. The monoisotopic (exact) mass is 343 g/mol. The third-order valence-electron chi connectivity index (χ3n) is 8.51. The van der Waals surface area contributed by atoms with Crippen LogP contribution >= 0.6 is 0 Å². The summed E-state index contributed by atoms with van der Waals surface area (Å²) in [5.74, 6) is 4.94. The van der Waals surface area contributed by atoms with E-state index >= 15 is 0 Å². The van der Waals surface area contributed by atoms with Gasteiger partial charge in [-0.05, 0) is 87.4 Å². The molecule has 4 atom stereocenters. The molecule has 0 aromatic rings. The minimum Gasteiger partial charge on any atom is -0.198 e. The van der Waals surface area contributed by atoms with Gasteiger partial charge in [0, 0.05) is 0 Å². The molecule has 142 valence electrons. The Morgan fingerprint density at radius 2 is 1.52 bits per heavy atom. The lowest BCUT2D eigenvalue weighted by Crippen LogP contribution is -2.38. The second-order valence-corrected chi connectivity index (χ2v) is 9.86. The lowest BCUT2D eigenvalue weighted by molar-refractivity contribution is 0.0401. The largest absolute Gasteiger partial charge is 0.198 e. The third kappa shape index (κ3) is 4.61. The van der Waals surface area contributed by atoms with Gasteiger partial charge in [-0.15, -0.1) is 0 Å². The van der Waals surface area contributed by atoms with Crippen LogP contribution in [0.1, 0.15) is 110 Å². The molecule has 3 aliphatic carbocycles. The fourth-order valence-corrected chi connectivity index (χ4v) is 6.61. The molecule has 0 amide bonds. The number of nitrogens with zero attached hydrogens (tertiary/aromatic N) is 1. The normalized spacial score (nSPS) is 41.7. The maximum atomic E-state index is 9.64. The average Bonchev–Trinajstić information content (AvgIpc) is 2.68. The quantitative estimate of drug-likeness (QED) is 0.458. The van der Waals surface area contributed by atoms with Crippen LogP contribution < -0.4 is 0 Å². The van der Waals surface area contributed by atoms with Crippen molar-refractivity contribution >= 4 is 0 Å². The topological polar surface area (TPSA) is 23.8 Å². The van der Waals surface area contributed by atoms with Gasteiger partial charge in [0.2, 0.25) is 0 Å². The van der Waals surface area contributed by atoms with E-state index in [0.717, 1.165) is 36.0 Å². The zero-order valence-corrected chi connectivity index (χ0v) is 16.9. The van der Waals surface area contributed by atoms with Crippen LogP contribution in [-0.4, -0.2) is 0 Å². The van der Waals surface area contributed by atoms with Crippen molar-refractivity contribution in [3.8, 4) is 6.07 Å². The van der Waals surface area contributed by atoms with Crippen LogP contribution in [0.15, 0.2) is 0 Å². The summed E-state index contributed by atoms with van der Waals surface area (Å²) in [6.07, 6.45) is 21.1. The van der Waals surface area contributed by atoms with Gasteiger partial charge in [-0.25, -0.2) is 0 Å². The Morgan fingerprint density at radius 1 is 0.840 bits per heavy atom. The van der Waals surface area contributed by atoms with Gasteiger partial charge in [0.05, 0.1) is 11.5 Å². The second kappa shape index (κ2) is 8.92. The summed E-state index contributed by atoms with van der Waals surface area (Å²) in [6.45, 7) is 4.55. The highest BCUT2D eigenvalue weighted by Gasteiger charge is 2.43. The molecule has 0 N–H and O–H groups in total. The summed E-state index contributed by atoms with van der Waals surface area (Å²) in [4.78, 5) is 0. The summed E-state index contributed by atoms with van der Waals surface area (Å²) in [7, 11) is 0. The predicted octanol–water partition coefficient (Wildman–Crippen LogP) is 7.51. The first-order valence-corrected chi connectivity index (χ1v) is 11.6. The summed E-state index contributed by atoms with van der Waals surface area (Å²) in [5.41, 5.74) is 0.0323. The first-order chi connectivity index (χ1) is 12.2. The molecule has 0 aromatic heterocycles. The fourth-order valence-electron chi connectivity index (χ4n) is 6.61. The molecule has 3 rings (SSSR count). The zero-order valence-electron chi connectivity index (χ0n) is 16.9. The first-order valence-electron chi connectivity index (χ1n) is 11.6. The molecule has 0 radical (unpaired) electrons. The SMILES string of the molecule is CCCCCC1CCC(C2CCC3CC(C#N)(CC)CCC3C2)CC1. The van der Waals surface area contributed by atoms with E-state index in [4.69, 9.17) is 0 Å². The lowest BCUT2D eigenvalue weighted by Gasteiger charge is -2.47. The summed E-state index contributed by atoms with van der Waals surface area (Å²) >= 11 is 0. The number of fused-ring (bicyclic) bond motifs is 1.